The summed E-state index contributed by atoms with van der Waals surface area (Å²) in [7, 11) is 0. The van der Waals surface area contributed by atoms with Gasteiger partial charge < -0.3 is 14.2 Å². The smallest absolute Gasteiger partial charge is 0.306 e. The molecule has 62 heavy (non-hydrogen) atoms. The topological polar surface area (TPSA) is 78.9 Å². The van der Waals surface area contributed by atoms with Crippen LogP contribution in [0.2, 0.25) is 0 Å². The molecule has 0 aliphatic rings. The third kappa shape index (κ3) is 47.9. The van der Waals surface area contributed by atoms with Gasteiger partial charge in [-0.2, -0.15) is 0 Å². The average Bonchev–Trinajstić information content (AvgIpc) is 3.26. The van der Waals surface area contributed by atoms with Crippen molar-refractivity contribution in [2.45, 2.75) is 317 Å². The minimum absolute atomic E-state index is 0.0631. The number of ether oxygens (including phenoxy) is 3. The maximum absolute atomic E-state index is 12.8. The second kappa shape index (κ2) is 48.9. The average molecular weight is 877 g/mol. The molecule has 6 heteroatoms. The molecule has 0 radical (unpaired) electrons. The largest absolute Gasteiger partial charge is 0.462 e. The van der Waals surface area contributed by atoms with Gasteiger partial charge in [-0.25, -0.2) is 0 Å². The van der Waals surface area contributed by atoms with E-state index >= 15 is 0 Å². The maximum Gasteiger partial charge on any atom is 0.306 e. The van der Waals surface area contributed by atoms with Crippen molar-refractivity contribution in [3.8, 4) is 0 Å². The van der Waals surface area contributed by atoms with E-state index in [1.54, 1.807) is 0 Å². The molecule has 0 heterocycles. The summed E-state index contributed by atoms with van der Waals surface area (Å²) in [5, 5.41) is 0. The van der Waals surface area contributed by atoms with Crippen LogP contribution in [0.1, 0.15) is 311 Å². The SMILES string of the molecule is CCCCCCCCCCCCCCCCC(=O)O[C@H](COC(=O)CCCCCCCCCCCCCCCC(C)C)COC(=O)CCCCCCCCCCCCC(C)CC. The molecule has 6 nitrogen and oxygen atoms in total. The quantitative estimate of drug-likeness (QED) is 0.0344. The van der Waals surface area contributed by atoms with Crippen molar-refractivity contribution in [2.75, 3.05) is 13.2 Å². The van der Waals surface area contributed by atoms with Crippen LogP contribution in [0.25, 0.3) is 0 Å². The van der Waals surface area contributed by atoms with Crippen molar-refractivity contribution in [1.82, 2.24) is 0 Å². The van der Waals surface area contributed by atoms with Crippen molar-refractivity contribution in [1.29, 1.82) is 0 Å². The lowest BCUT2D eigenvalue weighted by Crippen LogP contribution is -2.30. The Bertz CT molecular complexity index is 949. The first kappa shape index (κ1) is 60.4. The van der Waals surface area contributed by atoms with E-state index in [1.165, 1.54) is 199 Å². The Morgan fingerprint density at radius 2 is 0.613 bits per heavy atom. The van der Waals surface area contributed by atoms with Gasteiger partial charge in [0, 0.05) is 19.3 Å². The molecule has 0 spiro atoms. The molecule has 0 fully saturated rings. The molecule has 0 saturated carbocycles. The third-order valence-corrected chi connectivity index (χ3v) is 13.1. The van der Waals surface area contributed by atoms with Crippen molar-refractivity contribution in [3.05, 3.63) is 0 Å². The predicted molar refractivity (Wildman–Crippen MR) is 266 cm³/mol. The van der Waals surface area contributed by atoms with E-state index in [0.717, 1.165) is 69.6 Å². The maximum atomic E-state index is 12.8. The minimum atomic E-state index is -0.762. The van der Waals surface area contributed by atoms with E-state index in [1.807, 2.05) is 0 Å². The van der Waals surface area contributed by atoms with Gasteiger partial charge in [0.25, 0.3) is 0 Å². The highest BCUT2D eigenvalue weighted by molar-refractivity contribution is 5.71. The normalized spacial score (nSPS) is 12.5. The summed E-state index contributed by atoms with van der Waals surface area (Å²) in [6.45, 7) is 11.4. The summed E-state index contributed by atoms with van der Waals surface area (Å²) >= 11 is 0. The zero-order chi connectivity index (χ0) is 45.4. The Hall–Kier alpha value is -1.59. The van der Waals surface area contributed by atoms with Crippen LogP contribution < -0.4 is 0 Å². The van der Waals surface area contributed by atoms with Crippen LogP contribution in [0, 0.1) is 11.8 Å². The number of hydrogen-bond acceptors (Lipinski definition) is 6. The van der Waals surface area contributed by atoms with E-state index in [-0.39, 0.29) is 31.1 Å². The summed E-state index contributed by atoms with van der Waals surface area (Å²) in [5.74, 6) is 0.867. The lowest BCUT2D eigenvalue weighted by molar-refractivity contribution is -0.167. The molecule has 0 aromatic heterocycles. The Morgan fingerprint density at radius 3 is 0.919 bits per heavy atom. The predicted octanol–water partition coefficient (Wildman–Crippen LogP) is 18.1. The second-order valence-electron chi connectivity index (χ2n) is 19.9. The molecule has 0 aromatic rings. The van der Waals surface area contributed by atoms with E-state index in [9.17, 15) is 14.4 Å². The van der Waals surface area contributed by atoms with E-state index in [2.05, 4.69) is 34.6 Å². The molecule has 0 rings (SSSR count). The Labute approximate surface area is 387 Å². The van der Waals surface area contributed by atoms with Gasteiger partial charge in [-0.15, -0.1) is 0 Å². The summed E-state index contributed by atoms with van der Waals surface area (Å²) in [4.78, 5) is 38.1. The van der Waals surface area contributed by atoms with Crippen LogP contribution in [-0.4, -0.2) is 37.2 Å². The molecule has 0 saturated heterocycles. The first-order valence-electron chi connectivity index (χ1n) is 27.8. The first-order chi connectivity index (χ1) is 30.3. The highest BCUT2D eigenvalue weighted by Crippen LogP contribution is 2.18. The Morgan fingerprint density at radius 1 is 0.339 bits per heavy atom. The molecule has 0 amide bonds. The second-order valence-corrected chi connectivity index (χ2v) is 19.9. The lowest BCUT2D eigenvalue weighted by Gasteiger charge is -2.18. The molecular weight excluding hydrogens is 769 g/mol. The number of hydrogen-bond donors (Lipinski definition) is 0. The van der Waals surface area contributed by atoms with Crippen LogP contribution in [0.4, 0.5) is 0 Å². The van der Waals surface area contributed by atoms with Crippen molar-refractivity contribution >= 4 is 17.9 Å². The molecule has 1 unspecified atom stereocenters. The van der Waals surface area contributed by atoms with Crippen LogP contribution >= 0.6 is 0 Å². The van der Waals surface area contributed by atoms with Gasteiger partial charge in [0.05, 0.1) is 0 Å². The van der Waals surface area contributed by atoms with Crippen molar-refractivity contribution in [2.24, 2.45) is 11.8 Å². The highest BCUT2D eigenvalue weighted by Gasteiger charge is 2.19. The van der Waals surface area contributed by atoms with Crippen LogP contribution in [0.5, 0.6) is 0 Å². The summed E-state index contributed by atoms with van der Waals surface area (Å²) in [6.07, 6.45) is 50.8. The zero-order valence-electron chi connectivity index (χ0n) is 42.5. The van der Waals surface area contributed by atoms with Gasteiger partial charge >= 0.3 is 17.9 Å². The van der Waals surface area contributed by atoms with Gasteiger partial charge in [-0.1, -0.05) is 272 Å². The fraction of sp³-hybridized carbons (Fsp3) is 0.946. The molecule has 2 atom stereocenters. The van der Waals surface area contributed by atoms with Gasteiger partial charge in [0.15, 0.2) is 6.10 Å². The highest BCUT2D eigenvalue weighted by atomic mass is 16.6. The third-order valence-electron chi connectivity index (χ3n) is 13.1. The van der Waals surface area contributed by atoms with Gasteiger partial charge in [0.1, 0.15) is 13.2 Å². The van der Waals surface area contributed by atoms with Crippen LogP contribution in [-0.2, 0) is 28.6 Å². The van der Waals surface area contributed by atoms with E-state index < -0.39 is 6.10 Å². The van der Waals surface area contributed by atoms with Gasteiger partial charge in [-0.3, -0.25) is 14.4 Å². The number of carbonyl (C=O) groups is 3. The van der Waals surface area contributed by atoms with Gasteiger partial charge in [0.2, 0.25) is 0 Å². The number of rotatable bonds is 50. The van der Waals surface area contributed by atoms with Crippen molar-refractivity contribution < 1.29 is 28.6 Å². The fourth-order valence-electron chi connectivity index (χ4n) is 8.49. The number of carbonyl (C=O) groups excluding carboxylic acids is 3. The van der Waals surface area contributed by atoms with Crippen LogP contribution in [0.15, 0.2) is 0 Å². The Balaban J connectivity index is 4.31. The van der Waals surface area contributed by atoms with E-state index in [4.69, 9.17) is 14.2 Å². The van der Waals surface area contributed by atoms with Crippen molar-refractivity contribution in [3.63, 3.8) is 0 Å². The molecule has 368 valence electrons. The number of unbranched alkanes of at least 4 members (excludes halogenated alkanes) is 34. The fourth-order valence-corrected chi connectivity index (χ4v) is 8.49. The molecule has 0 aliphatic carbocycles. The zero-order valence-corrected chi connectivity index (χ0v) is 42.5. The first-order valence-corrected chi connectivity index (χ1v) is 27.8. The summed E-state index contributed by atoms with van der Waals surface area (Å²) in [6, 6.07) is 0. The Kier molecular flexibility index (Phi) is 47.6. The monoisotopic (exact) mass is 877 g/mol. The van der Waals surface area contributed by atoms with Gasteiger partial charge in [-0.05, 0) is 31.1 Å². The standard InChI is InChI=1S/C56H108O6/c1-6-8-9-10-11-12-13-14-17-21-28-33-38-43-48-56(59)62-53(50-61-55(58)47-42-37-32-27-23-22-25-30-35-40-45-52(5)7-2)49-60-54(57)46-41-36-31-26-20-18-15-16-19-24-29-34-39-44-51(3)4/h51-53H,6-50H2,1-5H3/t52?,53-/m1/s1. The molecule has 0 aliphatic heterocycles. The van der Waals surface area contributed by atoms with Crippen LogP contribution in [0.3, 0.4) is 0 Å². The summed E-state index contributed by atoms with van der Waals surface area (Å²) in [5.41, 5.74) is 0. The summed E-state index contributed by atoms with van der Waals surface area (Å²) < 4.78 is 16.9. The molecule has 0 N–H and O–H groups in total. The molecule has 0 bridgehead atoms. The minimum Gasteiger partial charge on any atom is -0.462 e. The number of esters is 3. The molecular formula is C56H108O6. The lowest BCUT2D eigenvalue weighted by atomic mass is 9.99. The van der Waals surface area contributed by atoms with E-state index in [0.29, 0.717) is 19.3 Å². The molecule has 0 aromatic carbocycles.